The van der Waals surface area contributed by atoms with E-state index < -0.39 is 0 Å². The lowest BCUT2D eigenvalue weighted by Crippen LogP contribution is -2.34. The highest BCUT2D eigenvalue weighted by atomic mass is 15.1. The van der Waals surface area contributed by atoms with Gasteiger partial charge in [0.15, 0.2) is 0 Å². The second-order valence-electron chi connectivity index (χ2n) is 3.92. The third-order valence-corrected chi connectivity index (χ3v) is 3.04. The normalized spacial score (nSPS) is 19.8. The summed E-state index contributed by atoms with van der Waals surface area (Å²) in [6.45, 7) is 5.85. The van der Waals surface area contributed by atoms with Crippen LogP contribution in [0.4, 0.5) is 5.69 Å². The van der Waals surface area contributed by atoms with Crippen LogP contribution in [0.2, 0.25) is 0 Å². The lowest BCUT2D eigenvalue weighted by atomic mass is 9.96. The third-order valence-electron chi connectivity index (χ3n) is 3.04. The lowest BCUT2D eigenvalue weighted by Gasteiger charge is -2.35. The predicted octanol–water partition coefficient (Wildman–Crippen LogP) is 2.34. The number of anilines is 1. The molecule has 80 valence electrons. The summed E-state index contributed by atoms with van der Waals surface area (Å²) in [6, 6.07) is 9.13. The summed E-state index contributed by atoms with van der Waals surface area (Å²) >= 11 is 0. The summed E-state index contributed by atoms with van der Waals surface area (Å²) < 4.78 is 0. The van der Waals surface area contributed by atoms with E-state index in [4.69, 9.17) is 0 Å². The number of nitrogens with one attached hydrogen (secondary N) is 1. The first-order valence-electron chi connectivity index (χ1n) is 5.49. The predicted molar refractivity (Wildman–Crippen MR) is 65.3 cm³/mol. The highest BCUT2D eigenvalue weighted by molar-refractivity contribution is 5.57. The molecule has 1 aromatic rings. The molecular weight excluding hydrogens is 184 g/mol. The minimum Gasteiger partial charge on any atom is -0.367 e. The standard InChI is InChI=1S/C13H18N2/c1-3-9-15-10-8-12(14-2)11-6-4-5-7-13(11)15/h3-7,12,14H,1,8-10H2,2H3. The summed E-state index contributed by atoms with van der Waals surface area (Å²) in [4.78, 5) is 2.39. The molecule has 0 spiro atoms. The number of para-hydroxylation sites is 1. The highest BCUT2D eigenvalue weighted by Gasteiger charge is 2.22. The van der Waals surface area contributed by atoms with Crippen molar-refractivity contribution in [3.8, 4) is 0 Å². The summed E-state index contributed by atoms with van der Waals surface area (Å²) in [5, 5.41) is 3.37. The molecule has 1 atom stereocenters. The molecule has 0 aromatic heterocycles. The van der Waals surface area contributed by atoms with E-state index in [1.165, 1.54) is 17.7 Å². The minimum atomic E-state index is 0.502. The Morgan fingerprint density at radius 2 is 2.33 bits per heavy atom. The molecule has 2 nitrogen and oxygen atoms in total. The molecule has 0 bridgehead atoms. The molecule has 0 fully saturated rings. The van der Waals surface area contributed by atoms with Crippen LogP contribution in [0, 0.1) is 0 Å². The van der Waals surface area contributed by atoms with E-state index in [1.807, 2.05) is 13.1 Å². The van der Waals surface area contributed by atoms with Crippen molar-refractivity contribution in [2.24, 2.45) is 0 Å². The molecular formula is C13H18N2. The van der Waals surface area contributed by atoms with E-state index in [-0.39, 0.29) is 0 Å². The molecule has 1 unspecified atom stereocenters. The van der Waals surface area contributed by atoms with E-state index in [0.717, 1.165) is 13.1 Å². The van der Waals surface area contributed by atoms with Gasteiger partial charge in [0, 0.05) is 24.8 Å². The fraction of sp³-hybridized carbons (Fsp3) is 0.385. The van der Waals surface area contributed by atoms with Gasteiger partial charge in [0.05, 0.1) is 0 Å². The van der Waals surface area contributed by atoms with Gasteiger partial charge < -0.3 is 10.2 Å². The Morgan fingerprint density at radius 1 is 1.53 bits per heavy atom. The van der Waals surface area contributed by atoms with Crippen LogP contribution in [0.25, 0.3) is 0 Å². The molecule has 1 heterocycles. The second-order valence-corrected chi connectivity index (χ2v) is 3.92. The van der Waals surface area contributed by atoms with Crippen molar-refractivity contribution < 1.29 is 0 Å². The molecule has 2 heteroatoms. The van der Waals surface area contributed by atoms with Gasteiger partial charge in [0.2, 0.25) is 0 Å². The number of hydrogen-bond donors (Lipinski definition) is 1. The van der Waals surface area contributed by atoms with Crippen LogP contribution >= 0.6 is 0 Å². The first-order valence-corrected chi connectivity index (χ1v) is 5.49. The van der Waals surface area contributed by atoms with Gasteiger partial charge in [-0.25, -0.2) is 0 Å². The van der Waals surface area contributed by atoms with Gasteiger partial charge in [0.25, 0.3) is 0 Å². The Morgan fingerprint density at radius 3 is 3.07 bits per heavy atom. The maximum Gasteiger partial charge on any atom is 0.0417 e. The van der Waals surface area contributed by atoms with E-state index >= 15 is 0 Å². The van der Waals surface area contributed by atoms with E-state index in [0.29, 0.717) is 6.04 Å². The number of rotatable bonds is 3. The molecule has 0 saturated carbocycles. The van der Waals surface area contributed by atoms with E-state index in [2.05, 4.69) is 41.1 Å². The van der Waals surface area contributed by atoms with E-state index in [1.54, 1.807) is 0 Å². The maximum absolute atomic E-state index is 3.81. The third kappa shape index (κ3) is 1.90. The average Bonchev–Trinajstić information content (AvgIpc) is 2.30. The Labute approximate surface area is 91.6 Å². The molecule has 1 aliphatic rings. The Bertz CT molecular complexity index is 346. The first kappa shape index (κ1) is 10.2. The van der Waals surface area contributed by atoms with Crippen LogP contribution in [0.1, 0.15) is 18.0 Å². The van der Waals surface area contributed by atoms with Crippen molar-refractivity contribution in [2.45, 2.75) is 12.5 Å². The van der Waals surface area contributed by atoms with Crippen LogP contribution in [-0.4, -0.2) is 20.1 Å². The number of benzene rings is 1. The van der Waals surface area contributed by atoms with Crippen molar-refractivity contribution in [1.82, 2.24) is 5.32 Å². The maximum atomic E-state index is 3.81. The lowest BCUT2D eigenvalue weighted by molar-refractivity contribution is 0.523. The second kappa shape index (κ2) is 4.49. The zero-order valence-corrected chi connectivity index (χ0v) is 9.24. The highest BCUT2D eigenvalue weighted by Crippen LogP contribution is 2.32. The van der Waals surface area contributed by atoms with Gasteiger partial charge in [0.1, 0.15) is 0 Å². The largest absolute Gasteiger partial charge is 0.367 e. The number of nitrogens with zero attached hydrogens (tertiary/aromatic N) is 1. The summed E-state index contributed by atoms with van der Waals surface area (Å²) in [6.07, 6.45) is 3.14. The molecule has 1 aliphatic heterocycles. The van der Waals surface area contributed by atoms with Gasteiger partial charge in [-0.15, -0.1) is 6.58 Å². The molecule has 1 N–H and O–H groups in total. The van der Waals surface area contributed by atoms with Gasteiger partial charge in [-0.05, 0) is 25.1 Å². The molecule has 15 heavy (non-hydrogen) atoms. The SMILES string of the molecule is C=CCN1CCC(NC)c2ccccc21. The quantitative estimate of drug-likeness (QED) is 0.757. The monoisotopic (exact) mass is 202 g/mol. The van der Waals surface area contributed by atoms with Crippen molar-refractivity contribution in [1.29, 1.82) is 0 Å². The van der Waals surface area contributed by atoms with Crippen LogP contribution in [-0.2, 0) is 0 Å². The number of hydrogen-bond acceptors (Lipinski definition) is 2. The average molecular weight is 202 g/mol. The van der Waals surface area contributed by atoms with Crippen LogP contribution in [0.15, 0.2) is 36.9 Å². The molecule has 0 radical (unpaired) electrons. The Balaban J connectivity index is 2.34. The summed E-state index contributed by atoms with van der Waals surface area (Å²) in [7, 11) is 2.03. The minimum absolute atomic E-state index is 0.502. The van der Waals surface area contributed by atoms with Crippen LogP contribution < -0.4 is 10.2 Å². The van der Waals surface area contributed by atoms with Gasteiger partial charge >= 0.3 is 0 Å². The first-order chi connectivity index (χ1) is 7.36. The molecule has 1 aromatic carbocycles. The zero-order chi connectivity index (χ0) is 10.7. The molecule has 0 aliphatic carbocycles. The summed E-state index contributed by atoms with van der Waals surface area (Å²) in [5.41, 5.74) is 2.76. The Hall–Kier alpha value is -1.28. The van der Waals surface area contributed by atoms with Crippen LogP contribution in [0.5, 0.6) is 0 Å². The topological polar surface area (TPSA) is 15.3 Å². The Kier molecular flexibility index (Phi) is 3.07. The molecule has 0 amide bonds. The van der Waals surface area contributed by atoms with Crippen molar-refractivity contribution >= 4 is 5.69 Å². The fourth-order valence-corrected chi connectivity index (χ4v) is 2.28. The van der Waals surface area contributed by atoms with Crippen molar-refractivity contribution in [3.63, 3.8) is 0 Å². The fourth-order valence-electron chi connectivity index (χ4n) is 2.28. The van der Waals surface area contributed by atoms with Crippen LogP contribution in [0.3, 0.4) is 0 Å². The zero-order valence-electron chi connectivity index (χ0n) is 9.24. The van der Waals surface area contributed by atoms with Crippen molar-refractivity contribution in [3.05, 3.63) is 42.5 Å². The molecule has 2 rings (SSSR count). The van der Waals surface area contributed by atoms with Gasteiger partial charge in [-0.3, -0.25) is 0 Å². The van der Waals surface area contributed by atoms with Gasteiger partial charge in [-0.2, -0.15) is 0 Å². The molecule has 0 saturated heterocycles. The van der Waals surface area contributed by atoms with E-state index in [9.17, 15) is 0 Å². The smallest absolute Gasteiger partial charge is 0.0417 e. The van der Waals surface area contributed by atoms with Gasteiger partial charge in [-0.1, -0.05) is 24.3 Å². The summed E-state index contributed by atoms with van der Waals surface area (Å²) in [5.74, 6) is 0. The van der Waals surface area contributed by atoms with Crippen molar-refractivity contribution in [2.75, 3.05) is 25.0 Å². The number of fused-ring (bicyclic) bond motifs is 1.